The van der Waals surface area contributed by atoms with Gasteiger partial charge in [0.2, 0.25) is 5.79 Å². The first kappa shape index (κ1) is 8.89. The molecule has 4 atom stereocenters. The standard InChI is InChI=1S/C6H12O5/c1-3-4(8)5(9)6(10,2-7)11-3/h3-5,7-10H,2H2,1H3/t3-,4+,5-,6-/m0/s1. The van der Waals surface area contributed by atoms with Gasteiger partial charge >= 0.3 is 0 Å². The molecule has 5 heteroatoms. The van der Waals surface area contributed by atoms with Gasteiger partial charge in [-0.15, -0.1) is 0 Å². The predicted octanol–water partition coefficient (Wildman–Crippen LogP) is -2.19. The summed E-state index contributed by atoms with van der Waals surface area (Å²) in [5.74, 6) is -2.00. The average Bonchev–Trinajstić information content (AvgIpc) is 2.17. The molecule has 0 spiro atoms. The normalized spacial score (nSPS) is 51.5. The molecule has 1 saturated heterocycles. The van der Waals surface area contributed by atoms with Gasteiger partial charge < -0.3 is 25.2 Å². The molecule has 0 radical (unpaired) electrons. The molecule has 0 saturated carbocycles. The van der Waals surface area contributed by atoms with Crippen LogP contribution >= 0.6 is 0 Å². The molecule has 0 aliphatic carbocycles. The van der Waals surface area contributed by atoms with Crippen molar-refractivity contribution in [3.8, 4) is 0 Å². The lowest BCUT2D eigenvalue weighted by Crippen LogP contribution is -2.46. The van der Waals surface area contributed by atoms with Gasteiger partial charge in [0, 0.05) is 0 Å². The van der Waals surface area contributed by atoms with Crippen LogP contribution in [0.15, 0.2) is 0 Å². The van der Waals surface area contributed by atoms with E-state index in [1.54, 1.807) is 0 Å². The van der Waals surface area contributed by atoms with Crippen LogP contribution in [0.25, 0.3) is 0 Å². The van der Waals surface area contributed by atoms with Crippen LogP contribution in [0.3, 0.4) is 0 Å². The third-order valence-corrected chi connectivity index (χ3v) is 1.88. The molecule has 1 rings (SSSR count). The predicted molar refractivity (Wildman–Crippen MR) is 34.6 cm³/mol. The molecule has 1 heterocycles. The first-order chi connectivity index (χ1) is 5.01. The lowest BCUT2D eigenvalue weighted by molar-refractivity contribution is -0.243. The summed E-state index contributed by atoms with van der Waals surface area (Å²) in [5, 5.41) is 36.0. The van der Waals surface area contributed by atoms with Gasteiger partial charge in [0.1, 0.15) is 12.2 Å². The fraction of sp³-hybridized carbons (Fsp3) is 1.00. The van der Waals surface area contributed by atoms with Gasteiger partial charge in [-0.05, 0) is 6.92 Å². The fourth-order valence-corrected chi connectivity index (χ4v) is 1.12. The summed E-state index contributed by atoms with van der Waals surface area (Å²) in [5.41, 5.74) is 0. The van der Waals surface area contributed by atoms with E-state index in [0.717, 1.165) is 0 Å². The van der Waals surface area contributed by atoms with E-state index in [9.17, 15) is 5.11 Å². The molecule has 0 unspecified atom stereocenters. The first-order valence-electron chi connectivity index (χ1n) is 3.38. The highest BCUT2D eigenvalue weighted by atomic mass is 16.7. The van der Waals surface area contributed by atoms with Gasteiger partial charge in [-0.2, -0.15) is 0 Å². The van der Waals surface area contributed by atoms with Crippen molar-refractivity contribution in [3.63, 3.8) is 0 Å². The molecule has 1 fully saturated rings. The Hall–Kier alpha value is -0.200. The van der Waals surface area contributed by atoms with E-state index < -0.39 is 30.7 Å². The fourth-order valence-electron chi connectivity index (χ4n) is 1.12. The quantitative estimate of drug-likeness (QED) is 0.353. The highest BCUT2D eigenvalue weighted by Gasteiger charge is 2.51. The van der Waals surface area contributed by atoms with Gasteiger partial charge in [-0.25, -0.2) is 0 Å². The largest absolute Gasteiger partial charge is 0.391 e. The molecule has 0 bridgehead atoms. The molecule has 0 aromatic carbocycles. The summed E-state index contributed by atoms with van der Waals surface area (Å²) in [7, 11) is 0. The maximum absolute atomic E-state index is 9.23. The minimum atomic E-state index is -2.00. The lowest BCUT2D eigenvalue weighted by atomic mass is 10.1. The van der Waals surface area contributed by atoms with Gasteiger partial charge in [0.05, 0.1) is 12.7 Å². The summed E-state index contributed by atoms with van der Waals surface area (Å²) in [6.45, 7) is 0.775. The Bertz CT molecular complexity index is 150. The Kier molecular flexibility index (Phi) is 2.17. The first-order valence-corrected chi connectivity index (χ1v) is 3.38. The Morgan fingerprint density at radius 1 is 1.45 bits per heavy atom. The second kappa shape index (κ2) is 2.69. The van der Waals surface area contributed by atoms with Crippen molar-refractivity contribution in [1.29, 1.82) is 0 Å². The zero-order valence-corrected chi connectivity index (χ0v) is 6.14. The average molecular weight is 164 g/mol. The maximum Gasteiger partial charge on any atom is 0.219 e. The van der Waals surface area contributed by atoms with E-state index in [2.05, 4.69) is 0 Å². The van der Waals surface area contributed by atoms with Crippen LogP contribution in [0, 0.1) is 0 Å². The Balaban J connectivity index is 2.73. The van der Waals surface area contributed by atoms with E-state index in [1.165, 1.54) is 6.92 Å². The third-order valence-electron chi connectivity index (χ3n) is 1.88. The minimum Gasteiger partial charge on any atom is -0.391 e. The molecular weight excluding hydrogens is 152 g/mol. The van der Waals surface area contributed by atoms with Gasteiger partial charge in [-0.3, -0.25) is 0 Å². The van der Waals surface area contributed by atoms with Crippen LogP contribution in [-0.4, -0.2) is 51.1 Å². The molecule has 1 aliphatic heterocycles. The van der Waals surface area contributed by atoms with Crippen molar-refractivity contribution in [2.75, 3.05) is 6.61 Å². The monoisotopic (exact) mass is 164 g/mol. The lowest BCUT2D eigenvalue weighted by Gasteiger charge is -2.22. The van der Waals surface area contributed by atoms with Crippen molar-refractivity contribution in [2.45, 2.75) is 31.0 Å². The van der Waals surface area contributed by atoms with E-state index in [4.69, 9.17) is 20.1 Å². The van der Waals surface area contributed by atoms with Crippen molar-refractivity contribution >= 4 is 0 Å². The molecule has 66 valence electrons. The molecule has 4 N–H and O–H groups in total. The van der Waals surface area contributed by atoms with E-state index in [-0.39, 0.29) is 0 Å². The highest BCUT2D eigenvalue weighted by molar-refractivity contribution is 4.93. The molecule has 1 aliphatic rings. The van der Waals surface area contributed by atoms with Crippen molar-refractivity contribution in [3.05, 3.63) is 0 Å². The Morgan fingerprint density at radius 2 is 2.00 bits per heavy atom. The van der Waals surface area contributed by atoms with E-state index in [1.807, 2.05) is 0 Å². The second-order valence-electron chi connectivity index (χ2n) is 2.76. The summed E-state index contributed by atoms with van der Waals surface area (Å²) in [6, 6.07) is 0. The van der Waals surface area contributed by atoms with E-state index >= 15 is 0 Å². The van der Waals surface area contributed by atoms with Crippen LogP contribution in [0.5, 0.6) is 0 Å². The van der Waals surface area contributed by atoms with Crippen LogP contribution in [-0.2, 0) is 4.74 Å². The smallest absolute Gasteiger partial charge is 0.219 e. The molecule has 0 aromatic rings. The SMILES string of the molecule is C[C@@H]1O[C@@](O)(CO)[C@@H](O)[C@@H]1O. The zero-order chi connectivity index (χ0) is 8.65. The van der Waals surface area contributed by atoms with Crippen LogP contribution in [0.1, 0.15) is 6.92 Å². The molecule has 0 amide bonds. The maximum atomic E-state index is 9.23. The summed E-state index contributed by atoms with van der Waals surface area (Å²) >= 11 is 0. The second-order valence-corrected chi connectivity index (χ2v) is 2.76. The minimum absolute atomic E-state index is 0.665. The van der Waals surface area contributed by atoms with Crippen molar-refractivity contribution < 1.29 is 25.2 Å². The Labute approximate surface area is 63.8 Å². The number of aliphatic hydroxyl groups is 4. The number of hydrogen-bond donors (Lipinski definition) is 4. The number of hydrogen-bond acceptors (Lipinski definition) is 5. The molecule has 5 nitrogen and oxygen atoms in total. The third kappa shape index (κ3) is 1.25. The topological polar surface area (TPSA) is 90.2 Å². The summed E-state index contributed by atoms with van der Waals surface area (Å²) in [6.07, 6.45) is -3.25. The number of rotatable bonds is 1. The van der Waals surface area contributed by atoms with Crippen molar-refractivity contribution in [2.24, 2.45) is 0 Å². The highest BCUT2D eigenvalue weighted by Crippen LogP contribution is 2.28. The van der Waals surface area contributed by atoms with Crippen molar-refractivity contribution in [1.82, 2.24) is 0 Å². The summed E-state index contributed by atoms with van der Waals surface area (Å²) < 4.78 is 4.73. The van der Waals surface area contributed by atoms with Crippen LogP contribution in [0.4, 0.5) is 0 Å². The van der Waals surface area contributed by atoms with Gasteiger partial charge in [0.15, 0.2) is 0 Å². The summed E-state index contributed by atoms with van der Waals surface area (Å²) in [4.78, 5) is 0. The van der Waals surface area contributed by atoms with Gasteiger partial charge in [-0.1, -0.05) is 0 Å². The van der Waals surface area contributed by atoms with Crippen LogP contribution in [0.2, 0.25) is 0 Å². The molecule has 11 heavy (non-hydrogen) atoms. The molecule has 0 aromatic heterocycles. The van der Waals surface area contributed by atoms with E-state index in [0.29, 0.717) is 0 Å². The van der Waals surface area contributed by atoms with Crippen LogP contribution < -0.4 is 0 Å². The zero-order valence-electron chi connectivity index (χ0n) is 6.14. The number of aliphatic hydroxyl groups excluding tert-OH is 3. The molecular formula is C6H12O5. The number of ether oxygens (including phenoxy) is 1. The van der Waals surface area contributed by atoms with Gasteiger partial charge in [0.25, 0.3) is 0 Å². The Morgan fingerprint density at radius 3 is 2.18 bits per heavy atom.